The van der Waals surface area contributed by atoms with Gasteiger partial charge in [-0.1, -0.05) is 38.1 Å². The number of fused-ring (bicyclic) bond motifs is 1. The van der Waals surface area contributed by atoms with E-state index in [9.17, 15) is 4.79 Å². The normalized spacial score (nSPS) is 21.2. The molecule has 1 fully saturated rings. The molecule has 1 amide bonds. The van der Waals surface area contributed by atoms with Crippen LogP contribution >= 0.6 is 0 Å². The van der Waals surface area contributed by atoms with Crippen molar-refractivity contribution in [3.63, 3.8) is 0 Å². The van der Waals surface area contributed by atoms with Gasteiger partial charge in [-0.2, -0.15) is 0 Å². The molecule has 0 aromatic heterocycles. The maximum absolute atomic E-state index is 12.9. The fourth-order valence-corrected chi connectivity index (χ4v) is 3.09. The average Bonchev–Trinajstić information content (AvgIpc) is 3.31. The van der Waals surface area contributed by atoms with Crippen molar-refractivity contribution in [3.8, 4) is 0 Å². The molecule has 0 radical (unpaired) electrons. The number of amides is 1. The van der Waals surface area contributed by atoms with E-state index in [0.717, 1.165) is 25.9 Å². The number of rotatable bonds is 5. The number of carbonyl (C=O) groups excluding carboxylic acids is 1. The summed E-state index contributed by atoms with van der Waals surface area (Å²) in [5, 5.41) is 3.43. The van der Waals surface area contributed by atoms with Crippen molar-refractivity contribution in [2.45, 2.75) is 58.2 Å². The number of hydrogen-bond acceptors (Lipinski definition) is 2. The molecule has 114 valence electrons. The van der Waals surface area contributed by atoms with Crippen LogP contribution in [0.25, 0.3) is 0 Å². The van der Waals surface area contributed by atoms with Gasteiger partial charge in [0.05, 0.1) is 6.04 Å². The van der Waals surface area contributed by atoms with Crippen LogP contribution in [0.4, 0.5) is 0 Å². The van der Waals surface area contributed by atoms with Gasteiger partial charge in [-0.15, -0.1) is 0 Å². The van der Waals surface area contributed by atoms with Gasteiger partial charge in [0.1, 0.15) is 0 Å². The number of nitrogens with zero attached hydrogens (tertiary/aromatic N) is 1. The summed E-state index contributed by atoms with van der Waals surface area (Å²) < 4.78 is 0. The van der Waals surface area contributed by atoms with Crippen LogP contribution in [0.1, 0.15) is 44.2 Å². The van der Waals surface area contributed by atoms with E-state index >= 15 is 0 Å². The third-order valence-corrected chi connectivity index (χ3v) is 4.60. The zero-order chi connectivity index (χ0) is 14.8. The smallest absolute Gasteiger partial charge is 0.240 e. The van der Waals surface area contributed by atoms with Crippen LogP contribution in [0.15, 0.2) is 24.3 Å². The summed E-state index contributed by atoms with van der Waals surface area (Å²) in [5.41, 5.74) is 2.66. The maximum Gasteiger partial charge on any atom is 0.240 e. The Kier molecular flexibility index (Phi) is 4.29. The molecule has 3 nitrogen and oxygen atoms in total. The summed E-state index contributed by atoms with van der Waals surface area (Å²) in [7, 11) is 0. The molecule has 0 unspecified atom stereocenters. The molecule has 21 heavy (non-hydrogen) atoms. The summed E-state index contributed by atoms with van der Waals surface area (Å²) in [6.07, 6.45) is 4.31. The van der Waals surface area contributed by atoms with Crippen LogP contribution in [-0.2, 0) is 17.8 Å². The van der Waals surface area contributed by atoms with Crippen LogP contribution in [0, 0.1) is 5.92 Å². The van der Waals surface area contributed by atoms with E-state index in [2.05, 4.69) is 48.3 Å². The lowest BCUT2D eigenvalue weighted by atomic mass is 9.95. The quantitative estimate of drug-likeness (QED) is 0.902. The van der Waals surface area contributed by atoms with Gasteiger partial charge in [0.25, 0.3) is 0 Å². The molecule has 3 rings (SSSR count). The second kappa shape index (κ2) is 6.18. The Bertz CT molecular complexity index is 508. The van der Waals surface area contributed by atoms with Gasteiger partial charge in [-0.25, -0.2) is 0 Å². The highest BCUT2D eigenvalue weighted by molar-refractivity contribution is 5.83. The topological polar surface area (TPSA) is 32.3 Å². The Hall–Kier alpha value is -1.35. The Morgan fingerprint density at radius 2 is 2.00 bits per heavy atom. The van der Waals surface area contributed by atoms with Gasteiger partial charge >= 0.3 is 0 Å². The Morgan fingerprint density at radius 3 is 2.67 bits per heavy atom. The predicted molar refractivity (Wildman–Crippen MR) is 85.0 cm³/mol. The first-order valence-electron chi connectivity index (χ1n) is 8.26. The van der Waals surface area contributed by atoms with Crippen LogP contribution < -0.4 is 5.32 Å². The van der Waals surface area contributed by atoms with Gasteiger partial charge < -0.3 is 10.2 Å². The van der Waals surface area contributed by atoms with Gasteiger partial charge in [-0.3, -0.25) is 4.79 Å². The van der Waals surface area contributed by atoms with E-state index < -0.39 is 0 Å². The van der Waals surface area contributed by atoms with Crippen molar-refractivity contribution in [1.82, 2.24) is 10.2 Å². The summed E-state index contributed by atoms with van der Waals surface area (Å²) >= 11 is 0. The highest BCUT2D eigenvalue weighted by Gasteiger charge is 2.36. The van der Waals surface area contributed by atoms with Crippen molar-refractivity contribution < 1.29 is 4.79 Å². The molecule has 1 aliphatic carbocycles. The first-order valence-corrected chi connectivity index (χ1v) is 8.26. The minimum absolute atomic E-state index is 0.0346. The van der Waals surface area contributed by atoms with Crippen LogP contribution in [0.2, 0.25) is 0 Å². The Balaban J connectivity index is 1.66. The SMILES string of the molecule is CC(C)CCN(C(=O)[C@H]1Cc2ccccc2CN1)C1CC1. The van der Waals surface area contributed by atoms with E-state index in [1.165, 1.54) is 24.0 Å². The first-order chi connectivity index (χ1) is 10.1. The van der Waals surface area contributed by atoms with E-state index in [-0.39, 0.29) is 6.04 Å². The van der Waals surface area contributed by atoms with E-state index in [1.54, 1.807) is 0 Å². The standard InChI is InChI=1S/C18H26N2O/c1-13(2)9-10-20(16-7-8-16)18(21)17-11-14-5-3-4-6-15(14)12-19-17/h3-6,13,16-17,19H,7-12H2,1-2H3/t17-/m1/s1. The molecule has 1 aromatic carbocycles. The molecule has 1 saturated carbocycles. The van der Waals surface area contributed by atoms with Crippen LogP contribution in [-0.4, -0.2) is 29.4 Å². The number of carbonyl (C=O) groups is 1. The number of nitrogens with one attached hydrogen (secondary N) is 1. The largest absolute Gasteiger partial charge is 0.338 e. The molecule has 2 aliphatic rings. The predicted octanol–water partition coefficient (Wildman–Crippen LogP) is 2.74. The second-order valence-electron chi connectivity index (χ2n) is 6.85. The molecule has 0 saturated heterocycles. The van der Waals surface area contributed by atoms with E-state index in [0.29, 0.717) is 17.9 Å². The highest BCUT2D eigenvalue weighted by Crippen LogP contribution is 2.29. The van der Waals surface area contributed by atoms with Crippen LogP contribution in [0.3, 0.4) is 0 Å². The summed E-state index contributed by atoms with van der Waals surface area (Å²) in [6, 6.07) is 8.93. The zero-order valence-corrected chi connectivity index (χ0v) is 13.1. The number of hydrogen-bond donors (Lipinski definition) is 1. The van der Waals surface area contributed by atoms with Gasteiger partial charge in [0.2, 0.25) is 5.91 Å². The first kappa shape index (κ1) is 14.6. The molecular weight excluding hydrogens is 260 g/mol. The van der Waals surface area contributed by atoms with Gasteiger partial charge in [0, 0.05) is 19.1 Å². The monoisotopic (exact) mass is 286 g/mol. The fraction of sp³-hybridized carbons (Fsp3) is 0.611. The highest BCUT2D eigenvalue weighted by atomic mass is 16.2. The summed E-state index contributed by atoms with van der Waals surface area (Å²) in [5.74, 6) is 0.965. The maximum atomic E-state index is 12.9. The molecular formula is C18H26N2O. The van der Waals surface area contributed by atoms with Crippen molar-refractivity contribution >= 4 is 5.91 Å². The van der Waals surface area contributed by atoms with Crippen molar-refractivity contribution in [1.29, 1.82) is 0 Å². The molecule has 0 spiro atoms. The average molecular weight is 286 g/mol. The summed E-state index contributed by atoms with van der Waals surface area (Å²) in [6.45, 7) is 6.19. The fourth-order valence-electron chi connectivity index (χ4n) is 3.09. The van der Waals surface area contributed by atoms with Crippen molar-refractivity contribution in [2.24, 2.45) is 5.92 Å². The Morgan fingerprint density at radius 1 is 1.29 bits per heavy atom. The lowest BCUT2D eigenvalue weighted by Gasteiger charge is -2.31. The molecule has 1 N–H and O–H groups in total. The minimum atomic E-state index is -0.0346. The lowest BCUT2D eigenvalue weighted by Crippen LogP contribution is -2.50. The van der Waals surface area contributed by atoms with Gasteiger partial charge in [0.15, 0.2) is 0 Å². The van der Waals surface area contributed by atoms with E-state index in [1.807, 2.05) is 0 Å². The second-order valence-corrected chi connectivity index (χ2v) is 6.85. The molecule has 3 heteroatoms. The lowest BCUT2D eigenvalue weighted by molar-refractivity contribution is -0.134. The molecule has 1 atom stereocenters. The molecule has 0 bridgehead atoms. The molecule has 1 heterocycles. The molecule has 1 aromatic rings. The third kappa shape index (κ3) is 3.46. The van der Waals surface area contributed by atoms with Crippen molar-refractivity contribution in [2.75, 3.05) is 6.54 Å². The summed E-state index contributed by atoms with van der Waals surface area (Å²) in [4.78, 5) is 15.0. The third-order valence-electron chi connectivity index (χ3n) is 4.60. The molecule has 1 aliphatic heterocycles. The Labute approximate surface area is 127 Å². The van der Waals surface area contributed by atoms with Gasteiger partial charge in [-0.05, 0) is 42.7 Å². The minimum Gasteiger partial charge on any atom is -0.338 e. The van der Waals surface area contributed by atoms with E-state index in [4.69, 9.17) is 0 Å². The zero-order valence-electron chi connectivity index (χ0n) is 13.1. The van der Waals surface area contributed by atoms with Crippen LogP contribution in [0.5, 0.6) is 0 Å². The number of benzene rings is 1. The van der Waals surface area contributed by atoms with Crippen molar-refractivity contribution in [3.05, 3.63) is 35.4 Å².